The number of thiol groups is 1. The lowest BCUT2D eigenvalue weighted by atomic mass is 10.0. The lowest BCUT2D eigenvalue weighted by molar-refractivity contribution is -0.141. The van der Waals surface area contributed by atoms with Crippen LogP contribution in [0.2, 0.25) is 0 Å². The molecule has 0 aliphatic heterocycles. The predicted molar refractivity (Wildman–Crippen MR) is 173 cm³/mol. The highest BCUT2D eigenvalue weighted by molar-refractivity contribution is 7.80. The van der Waals surface area contributed by atoms with Gasteiger partial charge in [-0.3, -0.25) is 43.2 Å². The summed E-state index contributed by atoms with van der Waals surface area (Å²) in [6.45, 7) is 2.02. The number of amides is 6. The molecule has 0 fully saturated rings. The number of nitrogens with two attached hydrogens (primary N) is 1. The Hall–Kier alpha value is -4.99. The van der Waals surface area contributed by atoms with Crippen molar-refractivity contribution >= 4 is 71.9 Å². The molecule has 0 heterocycles. The Kier molecular flexibility index (Phi) is 21.0. The van der Waals surface area contributed by atoms with E-state index in [9.17, 15) is 47.9 Å². The Bertz CT molecular complexity index is 1260. The van der Waals surface area contributed by atoms with Gasteiger partial charge in [-0.25, -0.2) is 4.79 Å². The molecule has 0 radical (unpaired) electrons. The Morgan fingerprint density at radius 3 is 1.26 bits per heavy atom. The number of carboxylic acid groups (broad SMARTS) is 4. The molecule has 0 aromatic rings. The zero-order valence-corrected chi connectivity index (χ0v) is 28.3. The average molecular weight is 736 g/mol. The molecule has 0 spiro atoms. The monoisotopic (exact) mass is 735 g/mol. The first-order valence-corrected chi connectivity index (χ1v) is 15.9. The lowest BCUT2D eigenvalue weighted by Crippen LogP contribution is -2.56. The van der Waals surface area contributed by atoms with Crippen molar-refractivity contribution in [2.24, 2.45) is 11.7 Å². The van der Waals surface area contributed by atoms with Crippen LogP contribution < -0.4 is 37.6 Å². The molecular formula is C28H45N7O14S. The van der Waals surface area contributed by atoms with Gasteiger partial charge in [0, 0.05) is 25.0 Å². The van der Waals surface area contributed by atoms with E-state index in [1.807, 2.05) is 13.8 Å². The van der Waals surface area contributed by atoms with Crippen LogP contribution in [-0.4, -0.2) is 129 Å². The van der Waals surface area contributed by atoms with Crippen LogP contribution in [0.1, 0.15) is 58.8 Å². The number of carbonyl (C=O) groups excluding carboxylic acids is 6. The van der Waals surface area contributed by atoms with Crippen LogP contribution >= 0.6 is 12.6 Å². The standard InChI is InChI=1S/C28H45N7O14S/c1-13(2)9-14(29)24(44)34-15(3-6-21(38)39)25(45)30-10-19(36)32-17(5-8-23(42)43)27(47)35-16(4-7-22(40)41)26(46)31-11-20(37)33-18(12-50)28(48)49/h13-18,50H,3-12,29H2,1-2H3,(H,30,45)(H,31,46)(H,32,36)(H,33,37)(H,34,44)(H,35,47)(H,38,39)(H,40,41)(H,42,43)(H,48,49)/t14-,15-,16-,17-,18-/m0/s1. The van der Waals surface area contributed by atoms with Crippen molar-refractivity contribution in [1.82, 2.24) is 31.9 Å². The van der Waals surface area contributed by atoms with E-state index in [0.717, 1.165) is 0 Å². The molecule has 0 bridgehead atoms. The molecule has 12 N–H and O–H groups in total. The van der Waals surface area contributed by atoms with E-state index in [0.29, 0.717) is 0 Å². The van der Waals surface area contributed by atoms with E-state index >= 15 is 0 Å². The molecule has 0 aromatic carbocycles. The van der Waals surface area contributed by atoms with Gasteiger partial charge in [0.05, 0.1) is 19.1 Å². The molecule has 50 heavy (non-hydrogen) atoms. The Morgan fingerprint density at radius 2 is 0.920 bits per heavy atom. The molecule has 0 aromatic heterocycles. The summed E-state index contributed by atoms with van der Waals surface area (Å²) in [6, 6.07) is -7.04. The average Bonchev–Trinajstić information content (AvgIpc) is 3.02. The van der Waals surface area contributed by atoms with Crippen molar-refractivity contribution in [2.75, 3.05) is 18.8 Å². The van der Waals surface area contributed by atoms with Gasteiger partial charge in [0.1, 0.15) is 24.2 Å². The fraction of sp³-hybridized carbons (Fsp3) is 0.643. The van der Waals surface area contributed by atoms with Crippen molar-refractivity contribution < 1.29 is 68.4 Å². The minimum atomic E-state index is -1.64. The van der Waals surface area contributed by atoms with Gasteiger partial charge in [0.2, 0.25) is 35.4 Å². The summed E-state index contributed by atoms with van der Waals surface area (Å²) >= 11 is 3.79. The maximum Gasteiger partial charge on any atom is 0.327 e. The van der Waals surface area contributed by atoms with Crippen LogP contribution in [0.25, 0.3) is 0 Å². The summed E-state index contributed by atoms with van der Waals surface area (Å²) in [5, 5.41) is 49.4. The molecule has 282 valence electrons. The fourth-order valence-corrected chi connectivity index (χ4v) is 4.28. The van der Waals surface area contributed by atoms with Crippen molar-refractivity contribution in [3.05, 3.63) is 0 Å². The van der Waals surface area contributed by atoms with Crippen molar-refractivity contribution in [3.63, 3.8) is 0 Å². The quantitative estimate of drug-likeness (QED) is 0.0399. The van der Waals surface area contributed by atoms with Gasteiger partial charge in [-0.15, -0.1) is 0 Å². The third-order valence-electron chi connectivity index (χ3n) is 6.58. The summed E-state index contributed by atoms with van der Waals surface area (Å²) in [7, 11) is 0. The van der Waals surface area contributed by atoms with Crippen LogP contribution in [0, 0.1) is 5.92 Å². The van der Waals surface area contributed by atoms with E-state index in [1.54, 1.807) is 0 Å². The second-order valence-corrected chi connectivity index (χ2v) is 11.7. The number of hydrogen-bond acceptors (Lipinski definition) is 12. The maximum absolute atomic E-state index is 13.1. The van der Waals surface area contributed by atoms with Gasteiger partial charge in [-0.1, -0.05) is 13.8 Å². The highest BCUT2D eigenvalue weighted by Crippen LogP contribution is 2.06. The zero-order valence-electron chi connectivity index (χ0n) is 27.4. The van der Waals surface area contributed by atoms with Gasteiger partial charge >= 0.3 is 23.9 Å². The topological polar surface area (TPSA) is 350 Å². The molecular weight excluding hydrogens is 690 g/mol. The first-order valence-electron chi connectivity index (χ1n) is 15.3. The SMILES string of the molecule is CC(C)C[C@H](N)C(=O)N[C@@H](CCC(=O)O)C(=O)NCC(=O)N[C@@H](CCC(=O)O)C(=O)N[C@@H](CCC(=O)O)C(=O)NCC(=O)N[C@@H](CS)C(=O)O. The molecule has 22 heteroatoms. The van der Waals surface area contributed by atoms with Gasteiger partial charge < -0.3 is 58.1 Å². The van der Waals surface area contributed by atoms with E-state index < -0.39 is 135 Å². The van der Waals surface area contributed by atoms with Crippen molar-refractivity contribution in [2.45, 2.75) is 89.0 Å². The van der Waals surface area contributed by atoms with Gasteiger partial charge in [-0.2, -0.15) is 12.6 Å². The summed E-state index contributed by atoms with van der Waals surface area (Å²) in [5.74, 6) is -11.5. The number of aliphatic carboxylic acids is 4. The number of nitrogens with one attached hydrogen (secondary N) is 6. The first kappa shape index (κ1) is 45.0. The lowest BCUT2D eigenvalue weighted by Gasteiger charge is -2.23. The molecule has 0 saturated heterocycles. The van der Waals surface area contributed by atoms with Crippen molar-refractivity contribution in [1.29, 1.82) is 0 Å². The smallest absolute Gasteiger partial charge is 0.327 e. The highest BCUT2D eigenvalue weighted by Gasteiger charge is 2.30. The van der Waals surface area contributed by atoms with Crippen LogP contribution in [0.15, 0.2) is 0 Å². The van der Waals surface area contributed by atoms with Crippen molar-refractivity contribution in [3.8, 4) is 0 Å². The molecule has 0 aliphatic rings. The number of carbonyl (C=O) groups is 10. The Labute approximate surface area is 291 Å². The molecule has 0 aliphatic carbocycles. The van der Waals surface area contributed by atoms with Crippen LogP contribution in [0.3, 0.4) is 0 Å². The van der Waals surface area contributed by atoms with E-state index in [4.69, 9.17) is 26.2 Å². The predicted octanol–water partition coefficient (Wildman–Crippen LogP) is -3.86. The highest BCUT2D eigenvalue weighted by atomic mass is 32.1. The minimum Gasteiger partial charge on any atom is -0.481 e. The minimum absolute atomic E-state index is 0.0296. The summed E-state index contributed by atoms with van der Waals surface area (Å²) in [6.07, 6.45) is -2.97. The molecule has 6 amide bonds. The Morgan fingerprint density at radius 1 is 0.560 bits per heavy atom. The second-order valence-electron chi connectivity index (χ2n) is 11.4. The molecule has 0 rings (SSSR count). The zero-order chi connectivity index (χ0) is 38.6. The molecule has 21 nitrogen and oxygen atoms in total. The first-order chi connectivity index (χ1) is 23.3. The summed E-state index contributed by atoms with van der Waals surface area (Å²) in [4.78, 5) is 120. The summed E-state index contributed by atoms with van der Waals surface area (Å²) < 4.78 is 0. The third-order valence-corrected chi connectivity index (χ3v) is 6.95. The van der Waals surface area contributed by atoms with E-state index in [-0.39, 0.29) is 24.5 Å². The molecule has 0 unspecified atom stereocenters. The van der Waals surface area contributed by atoms with Crippen LogP contribution in [0.4, 0.5) is 0 Å². The number of carboxylic acids is 4. The van der Waals surface area contributed by atoms with Gasteiger partial charge in [0.25, 0.3) is 0 Å². The maximum atomic E-state index is 13.1. The normalized spacial score (nSPS) is 13.7. The Balaban J connectivity index is 5.67. The second kappa shape index (κ2) is 23.4. The van der Waals surface area contributed by atoms with Gasteiger partial charge in [-0.05, 0) is 31.6 Å². The van der Waals surface area contributed by atoms with Gasteiger partial charge in [0.15, 0.2) is 0 Å². The summed E-state index contributed by atoms with van der Waals surface area (Å²) in [5.41, 5.74) is 5.83. The number of rotatable bonds is 25. The largest absolute Gasteiger partial charge is 0.481 e. The van der Waals surface area contributed by atoms with E-state index in [1.165, 1.54) is 0 Å². The third kappa shape index (κ3) is 19.7. The fourth-order valence-electron chi connectivity index (χ4n) is 4.03. The van der Waals surface area contributed by atoms with E-state index in [2.05, 4.69) is 44.5 Å². The number of hydrogen-bond donors (Lipinski definition) is 12. The van der Waals surface area contributed by atoms with Crippen LogP contribution in [0.5, 0.6) is 0 Å². The molecule has 0 saturated carbocycles. The molecule has 5 atom stereocenters. The van der Waals surface area contributed by atoms with Crippen LogP contribution in [-0.2, 0) is 47.9 Å².